The Morgan fingerprint density at radius 1 is 1.22 bits per heavy atom. The van der Waals surface area contributed by atoms with Crippen LogP contribution >= 0.6 is 11.6 Å². The number of aromatic nitrogens is 4. The van der Waals surface area contributed by atoms with Crippen LogP contribution in [0.4, 0.5) is 17.5 Å². The zero-order valence-electron chi connectivity index (χ0n) is 18.8. The lowest BCUT2D eigenvalue weighted by Crippen LogP contribution is -2.24. The summed E-state index contributed by atoms with van der Waals surface area (Å²) in [6.07, 6.45) is 0.704. The summed E-state index contributed by atoms with van der Waals surface area (Å²) in [5.41, 5.74) is 2.91. The number of nitrogens with one attached hydrogen (secondary N) is 2. The molecule has 0 saturated heterocycles. The molecule has 1 atom stereocenters. The van der Waals surface area contributed by atoms with Gasteiger partial charge in [-0.25, -0.2) is 9.78 Å². The second-order valence-electron chi connectivity index (χ2n) is 8.23. The predicted molar refractivity (Wildman–Crippen MR) is 126 cm³/mol. The Hall–Kier alpha value is -2.91. The molecule has 2 aromatic heterocycles. The largest absolute Gasteiger partial charge is 0.478 e. The van der Waals surface area contributed by atoms with E-state index in [2.05, 4.69) is 29.5 Å². The number of fused-ring (bicyclic) bond motifs is 1. The molecule has 0 fully saturated rings. The first-order valence-corrected chi connectivity index (χ1v) is 11.0. The summed E-state index contributed by atoms with van der Waals surface area (Å²) in [4.78, 5) is 20.7. The lowest BCUT2D eigenvalue weighted by Gasteiger charge is -2.17. The molecule has 3 aromatic rings. The molecular weight excluding hydrogens is 432 g/mol. The summed E-state index contributed by atoms with van der Waals surface area (Å²) >= 11 is 6.16. The highest BCUT2D eigenvalue weighted by atomic mass is 35.5. The van der Waals surface area contributed by atoms with Crippen LogP contribution in [0.1, 0.15) is 69.1 Å². The number of halogens is 1. The average molecular weight is 461 g/mol. The Bertz CT molecular complexity index is 1120. The molecule has 0 spiro atoms. The number of aromatic carboxylic acids is 1. The smallest absolute Gasteiger partial charge is 0.337 e. The molecule has 0 aliphatic carbocycles. The minimum absolute atomic E-state index is 0.0236. The van der Waals surface area contributed by atoms with E-state index in [-0.39, 0.29) is 35.2 Å². The number of carboxylic acids is 1. The van der Waals surface area contributed by atoms with E-state index in [1.807, 2.05) is 25.5 Å². The number of rotatable bonds is 9. The molecule has 0 aliphatic heterocycles. The van der Waals surface area contributed by atoms with Gasteiger partial charge in [-0.3, -0.25) is 4.68 Å². The van der Waals surface area contributed by atoms with Crippen molar-refractivity contribution in [1.29, 1.82) is 0 Å². The standard InChI is InChI=1S/C22H29ClN6O3/c1-6-13(10-30)25-22-26-18-17(11(2)3)28-29(12(4)5)19(18)20(27-22)24-14-7-8-15(21(31)32)16(23)9-14/h7-9,11-13,30H,6,10H2,1-5H3,(H,31,32)(H2,24,25,26,27). The molecule has 4 N–H and O–H groups in total. The number of hydrogen-bond acceptors (Lipinski definition) is 7. The van der Waals surface area contributed by atoms with Crippen molar-refractivity contribution < 1.29 is 15.0 Å². The Morgan fingerprint density at radius 3 is 2.47 bits per heavy atom. The predicted octanol–water partition coefficient (Wildman–Crippen LogP) is 4.81. The summed E-state index contributed by atoms with van der Waals surface area (Å²) in [6, 6.07) is 4.51. The van der Waals surface area contributed by atoms with Gasteiger partial charge in [0, 0.05) is 11.7 Å². The summed E-state index contributed by atoms with van der Waals surface area (Å²) in [6.45, 7) is 10.1. The van der Waals surface area contributed by atoms with Gasteiger partial charge in [0.1, 0.15) is 11.0 Å². The van der Waals surface area contributed by atoms with Crippen molar-refractivity contribution in [3.63, 3.8) is 0 Å². The van der Waals surface area contributed by atoms with E-state index >= 15 is 0 Å². The number of anilines is 3. The van der Waals surface area contributed by atoms with Gasteiger partial charge in [-0.05, 0) is 44.4 Å². The maximum Gasteiger partial charge on any atom is 0.337 e. The Labute approximate surface area is 191 Å². The van der Waals surface area contributed by atoms with Crippen LogP contribution in [0, 0.1) is 0 Å². The average Bonchev–Trinajstić information content (AvgIpc) is 3.12. The van der Waals surface area contributed by atoms with Crippen molar-refractivity contribution in [2.24, 2.45) is 0 Å². The maximum absolute atomic E-state index is 11.3. The summed E-state index contributed by atoms with van der Waals surface area (Å²) in [5.74, 6) is -0.0689. The molecule has 2 heterocycles. The molecule has 0 bridgehead atoms. The number of carbonyl (C=O) groups is 1. The van der Waals surface area contributed by atoms with Gasteiger partial charge in [-0.15, -0.1) is 0 Å². The van der Waals surface area contributed by atoms with E-state index in [4.69, 9.17) is 21.7 Å². The van der Waals surface area contributed by atoms with Crippen LogP contribution in [-0.2, 0) is 0 Å². The molecule has 3 rings (SSSR count). The first-order chi connectivity index (χ1) is 15.2. The van der Waals surface area contributed by atoms with Gasteiger partial charge in [0.25, 0.3) is 0 Å². The van der Waals surface area contributed by atoms with Crippen molar-refractivity contribution in [2.75, 3.05) is 17.2 Å². The number of nitrogens with zero attached hydrogens (tertiary/aromatic N) is 4. The third-order valence-corrected chi connectivity index (χ3v) is 5.43. The molecule has 1 unspecified atom stereocenters. The molecular formula is C22H29ClN6O3. The third kappa shape index (κ3) is 4.78. The molecule has 32 heavy (non-hydrogen) atoms. The van der Waals surface area contributed by atoms with Crippen molar-refractivity contribution in [3.05, 3.63) is 34.5 Å². The minimum atomic E-state index is -1.09. The summed E-state index contributed by atoms with van der Waals surface area (Å²) < 4.78 is 1.88. The molecule has 172 valence electrons. The van der Waals surface area contributed by atoms with E-state index in [1.54, 1.807) is 12.1 Å². The lowest BCUT2D eigenvalue weighted by atomic mass is 10.1. The van der Waals surface area contributed by atoms with E-state index in [9.17, 15) is 15.0 Å². The molecule has 1 aromatic carbocycles. The highest BCUT2D eigenvalue weighted by Crippen LogP contribution is 2.33. The second-order valence-corrected chi connectivity index (χ2v) is 8.64. The van der Waals surface area contributed by atoms with Crippen molar-refractivity contribution >= 4 is 46.1 Å². The number of aliphatic hydroxyl groups excluding tert-OH is 1. The van der Waals surface area contributed by atoms with Crippen molar-refractivity contribution in [3.8, 4) is 0 Å². The fourth-order valence-electron chi connectivity index (χ4n) is 3.34. The second kappa shape index (κ2) is 9.70. The number of aliphatic hydroxyl groups is 1. The zero-order valence-corrected chi connectivity index (χ0v) is 19.6. The van der Waals surface area contributed by atoms with Gasteiger partial charge in [-0.2, -0.15) is 10.1 Å². The monoisotopic (exact) mass is 460 g/mol. The number of hydrogen-bond donors (Lipinski definition) is 4. The normalized spacial score (nSPS) is 12.5. The Morgan fingerprint density at radius 2 is 1.94 bits per heavy atom. The highest BCUT2D eigenvalue weighted by Gasteiger charge is 2.23. The van der Waals surface area contributed by atoms with Gasteiger partial charge < -0.3 is 20.8 Å². The van der Waals surface area contributed by atoms with Crippen LogP contribution in [0.2, 0.25) is 5.02 Å². The Kier molecular flexibility index (Phi) is 7.20. The molecule has 9 nitrogen and oxygen atoms in total. The fourth-order valence-corrected chi connectivity index (χ4v) is 3.60. The van der Waals surface area contributed by atoms with E-state index < -0.39 is 5.97 Å². The topological polar surface area (TPSA) is 125 Å². The van der Waals surface area contributed by atoms with E-state index in [0.29, 0.717) is 23.9 Å². The molecule has 0 radical (unpaired) electrons. The van der Waals surface area contributed by atoms with Crippen LogP contribution in [-0.4, -0.2) is 48.6 Å². The quantitative estimate of drug-likeness (QED) is 0.358. The van der Waals surface area contributed by atoms with Gasteiger partial charge in [0.05, 0.1) is 28.9 Å². The maximum atomic E-state index is 11.3. The first-order valence-electron chi connectivity index (χ1n) is 10.6. The van der Waals surface area contributed by atoms with Crippen LogP contribution in [0.3, 0.4) is 0 Å². The van der Waals surface area contributed by atoms with Crippen LogP contribution in [0.5, 0.6) is 0 Å². The molecule has 10 heteroatoms. The zero-order chi connectivity index (χ0) is 23.6. The van der Waals surface area contributed by atoms with Gasteiger partial charge in [-0.1, -0.05) is 32.4 Å². The van der Waals surface area contributed by atoms with E-state index in [0.717, 1.165) is 16.7 Å². The van der Waals surface area contributed by atoms with Gasteiger partial charge in [0.2, 0.25) is 5.95 Å². The highest BCUT2D eigenvalue weighted by molar-refractivity contribution is 6.33. The number of carboxylic acid groups (broad SMARTS) is 1. The third-order valence-electron chi connectivity index (χ3n) is 5.12. The van der Waals surface area contributed by atoms with Crippen molar-refractivity contribution in [1.82, 2.24) is 19.7 Å². The fraction of sp³-hybridized carbons (Fsp3) is 0.455. The summed E-state index contributed by atoms with van der Waals surface area (Å²) in [7, 11) is 0. The summed E-state index contributed by atoms with van der Waals surface area (Å²) in [5, 5.41) is 30.2. The van der Waals surface area contributed by atoms with Crippen LogP contribution < -0.4 is 10.6 Å². The van der Waals surface area contributed by atoms with Gasteiger partial charge >= 0.3 is 5.97 Å². The lowest BCUT2D eigenvalue weighted by molar-refractivity contribution is 0.0697. The van der Waals surface area contributed by atoms with Crippen molar-refractivity contribution in [2.45, 2.75) is 59.0 Å². The molecule has 0 saturated carbocycles. The molecule has 0 amide bonds. The number of benzene rings is 1. The Balaban J connectivity index is 2.19. The first kappa shape index (κ1) is 23.7. The SMILES string of the molecule is CCC(CO)Nc1nc(Nc2ccc(C(=O)O)c(Cl)c2)c2c(n1)c(C(C)C)nn2C(C)C. The minimum Gasteiger partial charge on any atom is -0.478 e. The van der Waals surface area contributed by atoms with E-state index in [1.165, 1.54) is 6.07 Å². The molecule has 0 aliphatic rings. The van der Waals surface area contributed by atoms with Gasteiger partial charge in [0.15, 0.2) is 5.82 Å². The van der Waals surface area contributed by atoms with Crippen LogP contribution in [0.15, 0.2) is 18.2 Å². The van der Waals surface area contributed by atoms with Crippen LogP contribution in [0.25, 0.3) is 11.0 Å².